The molecule has 1 aliphatic heterocycles. The van der Waals surface area contributed by atoms with Crippen LogP contribution in [0.2, 0.25) is 0 Å². The molecular formula is C8H11N3O. The fraction of sp³-hybridized carbons (Fsp3) is 0.500. The zero-order chi connectivity index (χ0) is 8.39. The summed E-state index contributed by atoms with van der Waals surface area (Å²) in [6.45, 7) is 1.87. The molecule has 64 valence electrons. The van der Waals surface area contributed by atoms with E-state index in [4.69, 9.17) is 0 Å². The van der Waals surface area contributed by atoms with Crippen LogP contribution in [0.3, 0.4) is 0 Å². The summed E-state index contributed by atoms with van der Waals surface area (Å²) < 4.78 is 1.69. The maximum atomic E-state index is 11.2. The minimum atomic E-state index is -0.147. The SMILES string of the molecule is O=c1ncccn1[C@H]1CCNC1. The Morgan fingerprint density at radius 3 is 3.25 bits per heavy atom. The van der Waals surface area contributed by atoms with Crippen LogP contribution in [0.25, 0.3) is 0 Å². The lowest BCUT2D eigenvalue weighted by Gasteiger charge is -2.10. The van der Waals surface area contributed by atoms with E-state index in [9.17, 15) is 4.79 Å². The monoisotopic (exact) mass is 165 g/mol. The zero-order valence-electron chi connectivity index (χ0n) is 6.73. The molecule has 0 aliphatic carbocycles. The van der Waals surface area contributed by atoms with Crippen LogP contribution in [0.4, 0.5) is 0 Å². The van der Waals surface area contributed by atoms with Gasteiger partial charge in [0.05, 0.1) is 6.04 Å². The Balaban J connectivity index is 2.32. The third-order valence-corrected chi connectivity index (χ3v) is 2.17. The first-order chi connectivity index (χ1) is 5.88. The van der Waals surface area contributed by atoms with Crippen LogP contribution in [-0.2, 0) is 0 Å². The van der Waals surface area contributed by atoms with Crippen molar-refractivity contribution in [1.29, 1.82) is 0 Å². The molecule has 1 aromatic rings. The summed E-state index contributed by atoms with van der Waals surface area (Å²) in [5.41, 5.74) is -0.147. The van der Waals surface area contributed by atoms with E-state index in [1.807, 2.05) is 0 Å². The van der Waals surface area contributed by atoms with Gasteiger partial charge < -0.3 is 5.32 Å². The lowest BCUT2D eigenvalue weighted by Crippen LogP contribution is -2.27. The Bertz CT molecular complexity index is 314. The van der Waals surface area contributed by atoms with Crippen molar-refractivity contribution < 1.29 is 0 Å². The van der Waals surface area contributed by atoms with Gasteiger partial charge in [-0.2, -0.15) is 0 Å². The van der Waals surface area contributed by atoms with Gasteiger partial charge in [-0.05, 0) is 19.0 Å². The van der Waals surface area contributed by atoms with Gasteiger partial charge in [-0.3, -0.25) is 4.57 Å². The third-order valence-electron chi connectivity index (χ3n) is 2.17. The largest absolute Gasteiger partial charge is 0.347 e. The summed E-state index contributed by atoms with van der Waals surface area (Å²) in [5, 5.41) is 3.21. The predicted molar refractivity (Wildman–Crippen MR) is 45.0 cm³/mol. The van der Waals surface area contributed by atoms with Crippen molar-refractivity contribution >= 4 is 0 Å². The average Bonchev–Trinajstić information content (AvgIpc) is 2.57. The fourth-order valence-electron chi connectivity index (χ4n) is 1.52. The Morgan fingerprint density at radius 1 is 1.67 bits per heavy atom. The molecule has 1 saturated heterocycles. The highest BCUT2D eigenvalue weighted by atomic mass is 16.1. The van der Waals surface area contributed by atoms with Gasteiger partial charge in [0, 0.05) is 18.9 Å². The van der Waals surface area contributed by atoms with Gasteiger partial charge in [-0.15, -0.1) is 0 Å². The lowest BCUT2D eigenvalue weighted by molar-refractivity contribution is 0.518. The van der Waals surface area contributed by atoms with E-state index in [1.165, 1.54) is 6.20 Å². The molecule has 1 N–H and O–H groups in total. The molecule has 0 radical (unpaired) electrons. The molecular weight excluding hydrogens is 154 g/mol. The van der Waals surface area contributed by atoms with Gasteiger partial charge in [-0.25, -0.2) is 9.78 Å². The van der Waals surface area contributed by atoms with E-state index in [2.05, 4.69) is 10.3 Å². The maximum Gasteiger partial charge on any atom is 0.347 e. The average molecular weight is 165 g/mol. The van der Waals surface area contributed by atoms with E-state index in [0.717, 1.165) is 19.5 Å². The summed E-state index contributed by atoms with van der Waals surface area (Å²) in [6.07, 6.45) is 4.35. The van der Waals surface area contributed by atoms with E-state index < -0.39 is 0 Å². The second-order valence-electron chi connectivity index (χ2n) is 2.96. The van der Waals surface area contributed by atoms with Crippen LogP contribution in [0.15, 0.2) is 23.3 Å². The fourth-order valence-corrected chi connectivity index (χ4v) is 1.52. The summed E-state index contributed by atoms with van der Waals surface area (Å²) in [5.74, 6) is 0. The number of aromatic nitrogens is 2. The molecule has 4 heteroatoms. The first kappa shape index (κ1) is 7.49. The Hall–Kier alpha value is -1.16. The number of hydrogen-bond donors (Lipinski definition) is 1. The lowest BCUT2D eigenvalue weighted by atomic mass is 10.2. The molecule has 12 heavy (non-hydrogen) atoms. The smallest absolute Gasteiger partial charge is 0.315 e. The molecule has 1 atom stereocenters. The molecule has 0 aromatic carbocycles. The van der Waals surface area contributed by atoms with E-state index in [1.54, 1.807) is 16.8 Å². The highest BCUT2D eigenvalue weighted by Gasteiger charge is 2.16. The Kier molecular flexibility index (Phi) is 1.91. The van der Waals surface area contributed by atoms with Crippen LogP contribution in [-0.4, -0.2) is 22.6 Å². The molecule has 1 aromatic heterocycles. The van der Waals surface area contributed by atoms with E-state index in [0.29, 0.717) is 6.04 Å². The van der Waals surface area contributed by atoms with Crippen LogP contribution in [0.1, 0.15) is 12.5 Å². The minimum absolute atomic E-state index is 0.147. The quantitative estimate of drug-likeness (QED) is 0.625. The zero-order valence-corrected chi connectivity index (χ0v) is 6.73. The van der Waals surface area contributed by atoms with Crippen LogP contribution < -0.4 is 11.0 Å². The van der Waals surface area contributed by atoms with Gasteiger partial charge in [0.25, 0.3) is 0 Å². The first-order valence-electron chi connectivity index (χ1n) is 4.12. The molecule has 4 nitrogen and oxygen atoms in total. The second-order valence-corrected chi connectivity index (χ2v) is 2.96. The predicted octanol–water partition coefficient (Wildman–Crippen LogP) is -0.222. The maximum absolute atomic E-state index is 11.2. The molecule has 2 heterocycles. The van der Waals surface area contributed by atoms with E-state index >= 15 is 0 Å². The van der Waals surface area contributed by atoms with Crippen molar-refractivity contribution in [2.75, 3.05) is 13.1 Å². The summed E-state index contributed by atoms with van der Waals surface area (Å²) >= 11 is 0. The second kappa shape index (κ2) is 3.06. The van der Waals surface area contributed by atoms with Crippen LogP contribution in [0.5, 0.6) is 0 Å². The molecule has 1 fully saturated rings. The highest BCUT2D eigenvalue weighted by Crippen LogP contribution is 2.10. The minimum Gasteiger partial charge on any atom is -0.315 e. The standard InChI is InChI=1S/C8H11N3O/c12-8-10-3-1-5-11(8)7-2-4-9-6-7/h1,3,5,7,9H,2,4,6H2/t7-/m0/s1. The van der Waals surface area contributed by atoms with Crippen molar-refractivity contribution in [2.45, 2.75) is 12.5 Å². The first-order valence-corrected chi connectivity index (χ1v) is 4.12. The van der Waals surface area contributed by atoms with E-state index in [-0.39, 0.29) is 5.69 Å². The summed E-state index contributed by atoms with van der Waals surface area (Å²) in [6, 6.07) is 2.09. The molecule has 0 unspecified atom stereocenters. The molecule has 1 aliphatic rings. The van der Waals surface area contributed by atoms with Gasteiger partial charge >= 0.3 is 5.69 Å². The molecule has 0 spiro atoms. The number of rotatable bonds is 1. The normalized spacial score (nSPS) is 22.8. The van der Waals surface area contributed by atoms with Crippen LogP contribution in [0, 0.1) is 0 Å². The van der Waals surface area contributed by atoms with Gasteiger partial charge in [0.2, 0.25) is 0 Å². The van der Waals surface area contributed by atoms with Gasteiger partial charge in [-0.1, -0.05) is 0 Å². The Morgan fingerprint density at radius 2 is 2.58 bits per heavy atom. The molecule has 0 amide bonds. The van der Waals surface area contributed by atoms with Crippen LogP contribution >= 0.6 is 0 Å². The molecule has 0 bridgehead atoms. The van der Waals surface area contributed by atoms with Crippen molar-refractivity contribution in [3.8, 4) is 0 Å². The number of hydrogen-bond acceptors (Lipinski definition) is 3. The summed E-state index contributed by atoms with van der Waals surface area (Å²) in [4.78, 5) is 14.9. The molecule has 2 rings (SSSR count). The molecule has 0 saturated carbocycles. The Labute approximate surface area is 70.2 Å². The summed E-state index contributed by atoms with van der Waals surface area (Å²) in [7, 11) is 0. The van der Waals surface area contributed by atoms with Crippen molar-refractivity contribution in [3.05, 3.63) is 28.9 Å². The topological polar surface area (TPSA) is 46.9 Å². The number of nitrogens with zero attached hydrogens (tertiary/aromatic N) is 2. The highest BCUT2D eigenvalue weighted by molar-refractivity contribution is 4.87. The van der Waals surface area contributed by atoms with Crippen molar-refractivity contribution in [3.63, 3.8) is 0 Å². The van der Waals surface area contributed by atoms with Gasteiger partial charge in [0.1, 0.15) is 0 Å². The third kappa shape index (κ3) is 1.25. The van der Waals surface area contributed by atoms with Crippen molar-refractivity contribution in [2.24, 2.45) is 0 Å². The van der Waals surface area contributed by atoms with Crippen molar-refractivity contribution in [1.82, 2.24) is 14.9 Å². The number of nitrogens with one attached hydrogen (secondary N) is 1. The van der Waals surface area contributed by atoms with Gasteiger partial charge in [0.15, 0.2) is 0 Å².